The van der Waals surface area contributed by atoms with E-state index in [1.54, 1.807) is 7.11 Å². The van der Waals surface area contributed by atoms with Crippen molar-refractivity contribution < 1.29 is 4.43 Å². The smallest absolute Gasteiger partial charge is 0.217 e. The standard InChI is InChI=1S/C15H18N2OSi/c1-18-19(2,3)15-11-9-14(10-12-15)17-16-13-7-5-4-6-8-13/h4-12H,1-3H3. The summed E-state index contributed by atoms with van der Waals surface area (Å²) < 4.78 is 5.58. The first kappa shape index (κ1) is 13.6. The number of benzene rings is 2. The summed E-state index contributed by atoms with van der Waals surface area (Å²) in [6, 6.07) is 17.8. The molecule has 0 spiro atoms. The Labute approximate surface area is 115 Å². The predicted molar refractivity (Wildman–Crippen MR) is 81.2 cm³/mol. The van der Waals surface area contributed by atoms with Crippen LogP contribution < -0.4 is 5.19 Å². The second kappa shape index (κ2) is 5.91. The first-order valence-corrected chi connectivity index (χ1v) is 9.15. The minimum atomic E-state index is -1.74. The van der Waals surface area contributed by atoms with Crippen molar-refractivity contribution in [1.29, 1.82) is 0 Å². The summed E-state index contributed by atoms with van der Waals surface area (Å²) in [5, 5.41) is 9.68. The second-order valence-corrected chi connectivity index (χ2v) is 8.80. The molecule has 0 aliphatic rings. The van der Waals surface area contributed by atoms with E-state index in [0.717, 1.165) is 11.4 Å². The summed E-state index contributed by atoms with van der Waals surface area (Å²) in [4.78, 5) is 0. The fourth-order valence-electron chi connectivity index (χ4n) is 1.66. The lowest BCUT2D eigenvalue weighted by molar-refractivity contribution is 0.416. The molecule has 2 aromatic rings. The van der Waals surface area contributed by atoms with Gasteiger partial charge in [-0.15, -0.1) is 0 Å². The predicted octanol–water partition coefficient (Wildman–Crippen LogP) is 4.16. The van der Waals surface area contributed by atoms with E-state index in [-0.39, 0.29) is 0 Å². The topological polar surface area (TPSA) is 34.0 Å². The zero-order valence-electron chi connectivity index (χ0n) is 11.5. The van der Waals surface area contributed by atoms with Gasteiger partial charge in [0.15, 0.2) is 0 Å². The minimum absolute atomic E-state index is 0.855. The fraction of sp³-hybridized carbons (Fsp3) is 0.200. The molecule has 0 aromatic heterocycles. The van der Waals surface area contributed by atoms with E-state index in [0.29, 0.717) is 0 Å². The van der Waals surface area contributed by atoms with Gasteiger partial charge in [0, 0.05) is 7.11 Å². The zero-order chi connectivity index (χ0) is 13.7. The number of hydrogen-bond acceptors (Lipinski definition) is 3. The summed E-state index contributed by atoms with van der Waals surface area (Å²) in [6.07, 6.45) is 0. The summed E-state index contributed by atoms with van der Waals surface area (Å²) in [5.41, 5.74) is 1.71. The van der Waals surface area contributed by atoms with Crippen molar-refractivity contribution in [2.24, 2.45) is 10.2 Å². The Balaban J connectivity index is 2.14. The molecule has 2 rings (SSSR count). The van der Waals surface area contributed by atoms with Gasteiger partial charge < -0.3 is 4.43 Å². The second-order valence-electron chi connectivity index (χ2n) is 4.80. The molecule has 2 aromatic carbocycles. The average molecular weight is 270 g/mol. The van der Waals surface area contributed by atoms with Gasteiger partial charge in [0.25, 0.3) is 0 Å². The van der Waals surface area contributed by atoms with Crippen molar-refractivity contribution in [3.8, 4) is 0 Å². The molecule has 98 valence electrons. The van der Waals surface area contributed by atoms with Crippen molar-refractivity contribution in [3.63, 3.8) is 0 Å². The molecular formula is C15H18N2OSi. The van der Waals surface area contributed by atoms with Gasteiger partial charge in [0.05, 0.1) is 11.4 Å². The van der Waals surface area contributed by atoms with Gasteiger partial charge in [-0.05, 0) is 42.5 Å². The first-order chi connectivity index (χ1) is 9.12. The molecule has 4 heteroatoms. The average Bonchev–Trinajstić information content (AvgIpc) is 2.47. The van der Waals surface area contributed by atoms with Crippen LogP contribution in [0.3, 0.4) is 0 Å². The van der Waals surface area contributed by atoms with E-state index in [2.05, 4.69) is 35.5 Å². The fourth-order valence-corrected chi connectivity index (χ4v) is 2.86. The van der Waals surface area contributed by atoms with Crippen LogP contribution in [0.5, 0.6) is 0 Å². The molecule has 0 amide bonds. The van der Waals surface area contributed by atoms with Crippen LogP contribution in [0, 0.1) is 0 Å². The largest absolute Gasteiger partial charge is 0.416 e. The Morgan fingerprint density at radius 1 is 0.789 bits per heavy atom. The van der Waals surface area contributed by atoms with Gasteiger partial charge in [-0.2, -0.15) is 10.2 Å². The Bertz CT molecular complexity index is 550. The Hall–Kier alpha value is -1.78. The van der Waals surface area contributed by atoms with Crippen LogP contribution in [0.25, 0.3) is 0 Å². The molecule has 3 nitrogen and oxygen atoms in total. The molecule has 0 saturated heterocycles. The molecule has 0 bridgehead atoms. The van der Waals surface area contributed by atoms with E-state index in [4.69, 9.17) is 4.43 Å². The van der Waals surface area contributed by atoms with Crippen LogP contribution in [0.15, 0.2) is 64.8 Å². The van der Waals surface area contributed by atoms with Gasteiger partial charge in [-0.25, -0.2) is 0 Å². The van der Waals surface area contributed by atoms with Crippen LogP contribution in [-0.2, 0) is 4.43 Å². The quantitative estimate of drug-likeness (QED) is 0.606. The van der Waals surface area contributed by atoms with Crippen molar-refractivity contribution in [2.45, 2.75) is 13.1 Å². The van der Waals surface area contributed by atoms with Crippen molar-refractivity contribution in [2.75, 3.05) is 7.11 Å². The molecule has 0 aliphatic carbocycles. The van der Waals surface area contributed by atoms with Crippen molar-refractivity contribution >= 4 is 24.9 Å². The third-order valence-electron chi connectivity index (χ3n) is 3.11. The Morgan fingerprint density at radius 2 is 1.32 bits per heavy atom. The normalized spacial score (nSPS) is 11.9. The highest BCUT2D eigenvalue weighted by Gasteiger charge is 2.22. The Kier molecular flexibility index (Phi) is 4.24. The highest BCUT2D eigenvalue weighted by molar-refractivity contribution is 6.84. The lowest BCUT2D eigenvalue weighted by Crippen LogP contribution is -2.43. The number of azo groups is 1. The first-order valence-electron chi connectivity index (χ1n) is 6.24. The lowest BCUT2D eigenvalue weighted by atomic mass is 10.3. The maximum Gasteiger partial charge on any atom is 0.217 e. The molecule has 19 heavy (non-hydrogen) atoms. The molecule has 0 aliphatic heterocycles. The molecule has 0 fully saturated rings. The van der Waals surface area contributed by atoms with E-state index < -0.39 is 8.32 Å². The minimum Gasteiger partial charge on any atom is -0.416 e. The molecule has 0 radical (unpaired) electrons. The SMILES string of the molecule is CO[Si](C)(C)c1ccc(N=Nc2ccccc2)cc1. The van der Waals surface area contributed by atoms with E-state index in [9.17, 15) is 0 Å². The monoisotopic (exact) mass is 270 g/mol. The van der Waals surface area contributed by atoms with E-state index in [1.807, 2.05) is 42.5 Å². The number of hydrogen-bond donors (Lipinski definition) is 0. The maximum absolute atomic E-state index is 5.58. The van der Waals surface area contributed by atoms with Crippen molar-refractivity contribution in [3.05, 3.63) is 54.6 Å². The van der Waals surface area contributed by atoms with Gasteiger partial charge in [0.2, 0.25) is 8.32 Å². The zero-order valence-corrected chi connectivity index (χ0v) is 12.5. The molecular weight excluding hydrogens is 252 g/mol. The van der Waals surface area contributed by atoms with Crippen molar-refractivity contribution in [1.82, 2.24) is 0 Å². The van der Waals surface area contributed by atoms with E-state index in [1.165, 1.54) is 5.19 Å². The number of nitrogens with zero attached hydrogens (tertiary/aromatic N) is 2. The highest BCUT2D eigenvalue weighted by atomic mass is 28.4. The molecule has 0 atom stereocenters. The molecule has 0 heterocycles. The number of rotatable bonds is 4. The van der Waals surface area contributed by atoms with Gasteiger partial charge >= 0.3 is 0 Å². The van der Waals surface area contributed by atoms with Gasteiger partial charge in [-0.1, -0.05) is 30.3 Å². The van der Waals surface area contributed by atoms with E-state index >= 15 is 0 Å². The lowest BCUT2D eigenvalue weighted by Gasteiger charge is -2.20. The Morgan fingerprint density at radius 3 is 1.84 bits per heavy atom. The third-order valence-corrected chi connectivity index (χ3v) is 5.85. The van der Waals surface area contributed by atoms with Crippen LogP contribution in [0.1, 0.15) is 0 Å². The van der Waals surface area contributed by atoms with Gasteiger partial charge in [-0.3, -0.25) is 0 Å². The van der Waals surface area contributed by atoms with Crippen LogP contribution in [0.4, 0.5) is 11.4 Å². The summed E-state index contributed by atoms with van der Waals surface area (Å²) in [6.45, 7) is 4.35. The summed E-state index contributed by atoms with van der Waals surface area (Å²) >= 11 is 0. The molecule has 0 unspecified atom stereocenters. The maximum atomic E-state index is 5.58. The molecule has 0 N–H and O–H groups in total. The van der Waals surface area contributed by atoms with Crippen LogP contribution in [0.2, 0.25) is 13.1 Å². The van der Waals surface area contributed by atoms with Crippen LogP contribution >= 0.6 is 0 Å². The summed E-state index contributed by atoms with van der Waals surface area (Å²) in [7, 11) is 0.0376. The third kappa shape index (κ3) is 3.59. The van der Waals surface area contributed by atoms with Gasteiger partial charge in [0.1, 0.15) is 0 Å². The summed E-state index contributed by atoms with van der Waals surface area (Å²) in [5.74, 6) is 0. The molecule has 0 saturated carbocycles. The van der Waals surface area contributed by atoms with Crippen LogP contribution in [-0.4, -0.2) is 15.4 Å². The highest BCUT2D eigenvalue weighted by Crippen LogP contribution is 2.17.